The van der Waals surface area contributed by atoms with Crippen LogP contribution >= 0.6 is 11.8 Å². The van der Waals surface area contributed by atoms with Gasteiger partial charge in [0.2, 0.25) is 0 Å². The van der Waals surface area contributed by atoms with Gasteiger partial charge in [0.25, 0.3) is 0 Å². The molecule has 1 aliphatic rings. The Labute approximate surface area is 191 Å². The van der Waals surface area contributed by atoms with Crippen LogP contribution in [0.4, 0.5) is 18.0 Å². The second kappa shape index (κ2) is 9.75. The highest BCUT2D eigenvalue weighted by atomic mass is 32.2. The molecule has 1 amide bonds. The lowest BCUT2D eigenvalue weighted by atomic mass is 9.96. The van der Waals surface area contributed by atoms with E-state index in [1.807, 2.05) is 51.3 Å². The van der Waals surface area contributed by atoms with E-state index in [4.69, 9.17) is 9.47 Å². The largest absolute Gasteiger partial charge is 0.444 e. The number of amides is 1. The average Bonchev–Trinajstić information content (AvgIpc) is 3.15. The van der Waals surface area contributed by atoms with Crippen molar-refractivity contribution in [1.82, 2.24) is 4.90 Å². The Hall–Kier alpha value is -2.19. The normalized spacial score (nSPS) is 19.3. The third-order valence-electron chi connectivity index (χ3n) is 5.21. The highest BCUT2D eigenvalue weighted by Gasteiger charge is 2.38. The molecule has 0 aromatic heterocycles. The first kappa shape index (κ1) is 24.5. The van der Waals surface area contributed by atoms with Gasteiger partial charge in [0, 0.05) is 17.4 Å². The monoisotopic (exact) mass is 467 g/mol. The Bertz CT molecular complexity index is 908. The first-order valence-corrected chi connectivity index (χ1v) is 11.6. The van der Waals surface area contributed by atoms with Gasteiger partial charge in [-0.2, -0.15) is 13.2 Å². The molecule has 0 radical (unpaired) electrons. The van der Waals surface area contributed by atoms with Crippen molar-refractivity contribution in [2.24, 2.45) is 0 Å². The van der Waals surface area contributed by atoms with Gasteiger partial charge in [-0.1, -0.05) is 24.3 Å². The Kier molecular flexibility index (Phi) is 7.45. The van der Waals surface area contributed by atoms with E-state index in [0.29, 0.717) is 18.7 Å². The predicted octanol–water partition coefficient (Wildman–Crippen LogP) is 6.35. The summed E-state index contributed by atoms with van der Waals surface area (Å²) in [7, 11) is 0. The zero-order valence-corrected chi connectivity index (χ0v) is 19.4. The van der Waals surface area contributed by atoms with Crippen LogP contribution in [0.15, 0.2) is 53.4 Å². The molecule has 0 N–H and O–H groups in total. The van der Waals surface area contributed by atoms with Crippen LogP contribution in [-0.4, -0.2) is 42.0 Å². The van der Waals surface area contributed by atoms with Crippen molar-refractivity contribution >= 4 is 17.9 Å². The van der Waals surface area contributed by atoms with Crippen molar-refractivity contribution in [2.45, 2.75) is 56.1 Å². The molecule has 2 aromatic carbocycles. The molecule has 1 aliphatic heterocycles. The Morgan fingerprint density at radius 2 is 1.66 bits per heavy atom. The molecule has 32 heavy (non-hydrogen) atoms. The standard InChI is InChI=1S/C24H28F3NO3S/c1-23(2,3)31-22(29)28-13-20(17-7-11-19(32-4)12-8-17)21(14-28)30-15-16-5-9-18(10-6-16)24(25,26)27/h5-12,20-21H,13-15H2,1-4H3. The van der Waals surface area contributed by atoms with Gasteiger partial charge in [-0.25, -0.2) is 4.79 Å². The van der Waals surface area contributed by atoms with E-state index in [1.54, 1.807) is 16.7 Å². The maximum Gasteiger partial charge on any atom is 0.416 e. The minimum absolute atomic E-state index is 0.0622. The summed E-state index contributed by atoms with van der Waals surface area (Å²) < 4.78 is 50.0. The molecule has 1 fully saturated rings. The number of likely N-dealkylation sites (tertiary alicyclic amines) is 1. The third-order valence-corrected chi connectivity index (χ3v) is 5.95. The average molecular weight is 468 g/mol. The topological polar surface area (TPSA) is 38.8 Å². The van der Waals surface area contributed by atoms with Gasteiger partial charge in [0.15, 0.2) is 0 Å². The van der Waals surface area contributed by atoms with Gasteiger partial charge in [-0.05, 0) is 62.4 Å². The van der Waals surface area contributed by atoms with Gasteiger partial charge in [0.05, 0.1) is 24.8 Å². The molecule has 174 valence electrons. The molecule has 1 heterocycles. The van der Waals surface area contributed by atoms with Gasteiger partial charge < -0.3 is 14.4 Å². The lowest BCUT2D eigenvalue weighted by Gasteiger charge is -2.24. The molecule has 0 spiro atoms. The van der Waals surface area contributed by atoms with E-state index >= 15 is 0 Å². The van der Waals surface area contributed by atoms with Crippen molar-refractivity contribution in [1.29, 1.82) is 0 Å². The minimum Gasteiger partial charge on any atom is -0.444 e. The summed E-state index contributed by atoms with van der Waals surface area (Å²) in [6, 6.07) is 13.1. The molecule has 3 rings (SSSR count). The molecule has 2 atom stereocenters. The minimum atomic E-state index is -4.37. The lowest BCUT2D eigenvalue weighted by Crippen LogP contribution is -2.36. The molecule has 2 unspecified atom stereocenters. The molecule has 4 nitrogen and oxygen atoms in total. The summed E-state index contributed by atoms with van der Waals surface area (Å²) >= 11 is 1.65. The van der Waals surface area contributed by atoms with Crippen LogP contribution in [0.3, 0.4) is 0 Å². The van der Waals surface area contributed by atoms with E-state index in [9.17, 15) is 18.0 Å². The summed E-state index contributed by atoms with van der Waals surface area (Å²) in [5.41, 5.74) is 0.396. The number of thioether (sulfide) groups is 1. The Morgan fingerprint density at radius 3 is 2.19 bits per heavy atom. The molecule has 2 aromatic rings. The van der Waals surface area contributed by atoms with Crippen LogP contribution in [0, 0.1) is 0 Å². The fourth-order valence-corrected chi connectivity index (χ4v) is 3.99. The summed E-state index contributed by atoms with van der Waals surface area (Å²) in [6.07, 6.45) is -3.06. The zero-order valence-electron chi connectivity index (χ0n) is 18.6. The summed E-state index contributed by atoms with van der Waals surface area (Å²) in [5.74, 6) is -0.0622. The summed E-state index contributed by atoms with van der Waals surface area (Å²) in [5, 5.41) is 0. The van der Waals surface area contributed by atoms with Crippen molar-refractivity contribution in [2.75, 3.05) is 19.3 Å². The quantitative estimate of drug-likeness (QED) is 0.481. The van der Waals surface area contributed by atoms with Crippen molar-refractivity contribution in [3.8, 4) is 0 Å². The predicted molar refractivity (Wildman–Crippen MR) is 119 cm³/mol. The van der Waals surface area contributed by atoms with Crippen molar-refractivity contribution < 1.29 is 27.4 Å². The van der Waals surface area contributed by atoms with E-state index in [-0.39, 0.29) is 18.6 Å². The SMILES string of the molecule is CSc1ccc(C2CN(C(=O)OC(C)(C)C)CC2OCc2ccc(C(F)(F)F)cc2)cc1. The van der Waals surface area contributed by atoms with E-state index in [0.717, 1.165) is 22.6 Å². The molecular formula is C24H28F3NO3S. The fourth-order valence-electron chi connectivity index (χ4n) is 3.58. The van der Waals surface area contributed by atoms with Gasteiger partial charge in [0.1, 0.15) is 5.60 Å². The number of ether oxygens (including phenoxy) is 2. The first-order chi connectivity index (χ1) is 15.0. The number of hydrogen-bond donors (Lipinski definition) is 0. The maximum absolute atomic E-state index is 12.8. The number of nitrogens with zero attached hydrogens (tertiary/aromatic N) is 1. The first-order valence-electron chi connectivity index (χ1n) is 10.4. The second-order valence-corrected chi connectivity index (χ2v) is 9.69. The Morgan fingerprint density at radius 1 is 1.03 bits per heavy atom. The highest BCUT2D eigenvalue weighted by Crippen LogP contribution is 2.33. The van der Waals surface area contributed by atoms with Crippen LogP contribution < -0.4 is 0 Å². The molecule has 0 saturated carbocycles. The van der Waals surface area contributed by atoms with Gasteiger partial charge in [-0.3, -0.25) is 0 Å². The number of halogens is 3. The molecule has 0 bridgehead atoms. The summed E-state index contributed by atoms with van der Waals surface area (Å²) in [4.78, 5) is 15.4. The number of carbonyl (C=O) groups excluding carboxylic acids is 1. The molecule has 8 heteroatoms. The smallest absolute Gasteiger partial charge is 0.416 e. The van der Waals surface area contributed by atoms with Gasteiger partial charge >= 0.3 is 12.3 Å². The zero-order chi connectivity index (χ0) is 23.5. The third kappa shape index (κ3) is 6.42. The Balaban J connectivity index is 1.74. The van der Waals surface area contributed by atoms with E-state index < -0.39 is 23.4 Å². The maximum atomic E-state index is 12.8. The van der Waals surface area contributed by atoms with Gasteiger partial charge in [-0.15, -0.1) is 11.8 Å². The number of benzene rings is 2. The molecule has 0 aliphatic carbocycles. The highest BCUT2D eigenvalue weighted by molar-refractivity contribution is 7.98. The molecule has 1 saturated heterocycles. The number of hydrogen-bond acceptors (Lipinski definition) is 4. The summed E-state index contributed by atoms with van der Waals surface area (Å²) in [6.45, 7) is 6.41. The van der Waals surface area contributed by atoms with Crippen LogP contribution in [0.25, 0.3) is 0 Å². The fraction of sp³-hybridized carbons (Fsp3) is 0.458. The number of carbonyl (C=O) groups is 1. The van der Waals surface area contributed by atoms with Crippen LogP contribution in [0.5, 0.6) is 0 Å². The lowest BCUT2D eigenvalue weighted by molar-refractivity contribution is -0.137. The van der Waals surface area contributed by atoms with Crippen LogP contribution in [-0.2, 0) is 22.3 Å². The van der Waals surface area contributed by atoms with Crippen molar-refractivity contribution in [3.63, 3.8) is 0 Å². The second-order valence-electron chi connectivity index (χ2n) is 8.81. The number of alkyl halides is 3. The van der Waals surface area contributed by atoms with Crippen LogP contribution in [0.2, 0.25) is 0 Å². The van der Waals surface area contributed by atoms with Crippen LogP contribution in [0.1, 0.15) is 43.4 Å². The van der Waals surface area contributed by atoms with E-state index in [1.165, 1.54) is 12.1 Å². The van der Waals surface area contributed by atoms with Crippen molar-refractivity contribution in [3.05, 3.63) is 65.2 Å². The molecular weight excluding hydrogens is 439 g/mol. The van der Waals surface area contributed by atoms with E-state index in [2.05, 4.69) is 0 Å². The number of rotatable bonds is 5.